The maximum absolute atomic E-state index is 2.57. The van der Waals surface area contributed by atoms with Gasteiger partial charge >= 0.3 is 0 Å². The third-order valence-electron chi connectivity index (χ3n) is 6.35. The molecule has 2 aromatic rings. The first-order valence-corrected chi connectivity index (χ1v) is 9.79. The van der Waals surface area contributed by atoms with Crippen LogP contribution in [-0.4, -0.2) is 0 Å². The van der Waals surface area contributed by atoms with Crippen molar-refractivity contribution >= 4 is 21.4 Å². The molecule has 0 bridgehead atoms. The minimum atomic E-state index is 0.292. The van der Waals surface area contributed by atoms with Crippen molar-refractivity contribution in [1.82, 2.24) is 0 Å². The summed E-state index contributed by atoms with van der Waals surface area (Å²) in [4.78, 5) is 1.64. The second-order valence-corrected chi connectivity index (χ2v) is 11.6. The van der Waals surface area contributed by atoms with Gasteiger partial charge in [0.25, 0.3) is 0 Å². The summed E-state index contributed by atoms with van der Waals surface area (Å²) in [6.07, 6.45) is 2.52. The fourth-order valence-electron chi connectivity index (χ4n) is 5.98. The molecule has 23 heavy (non-hydrogen) atoms. The summed E-state index contributed by atoms with van der Waals surface area (Å²) < 4.78 is 1.51. The molecule has 124 valence electrons. The molecular formula is C22H30S. The van der Waals surface area contributed by atoms with E-state index in [4.69, 9.17) is 0 Å². The highest BCUT2D eigenvalue weighted by Gasteiger charge is 2.47. The van der Waals surface area contributed by atoms with Gasteiger partial charge in [0.05, 0.1) is 0 Å². The van der Waals surface area contributed by atoms with E-state index in [1.54, 1.807) is 27.0 Å². The number of hydrogen-bond acceptors (Lipinski definition) is 1. The summed E-state index contributed by atoms with van der Waals surface area (Å²) in [6, 6.07) is 5.10. The third-order valence-corrected chi connectivity index (χ3v) is 7.86. The Hall–Kier alpha value is -0.820. The van der Waals surface area contributed by atoms with E-state index in [1.165, 1.54) is 17.5 Å². The van der Waals surface area contributed by atoms with Crippen LogP contribution in [0.15, 0.2) is 12.1 Å². The van der Waals surface area contributed by atoms with E-state index in [0.717, 1.165) is 0 Å². The predicted molar refractivity (Wildman–Crippen MR) is 103 cm³/mol. The summed E-state index contributed by atoms with van der Waals surface area (Å²) in [5.41, 5.74) is 6.03. The molecule has 1 aromatic carbocycles. The summed E-state index contributed by atoms with van der Waals surface area (Å²) in [5, 5.41) is 1.55. The van der Waals surface area contributed by atoms with Crippen LogP contribution >= 0.6 is 11.3 Å². The highest BCUT2D eigenvalue weighted by molar-refractivity contribution is 7.19. The molecule has 0 saturated heterocycles. The Bertz CT molecular complexity index is 815. The lowest BCUT2D eigenvalue weighted by Gasteiger charge is -2.24. The molecule has 0 nitrogen and oxygen atoms in total. The van der Waals surface area contributed by atoms with Gasteiger partial charge in [0, 0.05) is 15.0 Å². The molecule has 0 atom stereocenters. The van der Waals surface area contributed by atoms with Crippen LogP contribution in [0.2, 0.25) is 0 Å². The minimum Gasteiger partial charge on any atom is -0.139 e. The quantitative estimate of drug-likeness (QED) is 0.498. The van der Waals surface area contributed by atoms with Gasteiger partial charge in [-0.2, -0.15) is 0 Å². The van der Waals surface area contributed by atoms with Crippen LogP contribution in [0.4, 0.5) is 0 Å². The SMILES string of the molecule is CC1(C)CC(C)(C)c2cc3c4c(sc3cc21)C(C)(C)CC4(C)C. The van der Waals surface area contributed by atoms with Gasteiger partial charge in [-0.05, 0) is 63.3 Å². The van der Waals surface area contributed by atoms with Crippen molar-refractivity contribution in [3.63, 3.8) is 0 Å². The van der Waals surface area contributed by atoms with E-state index in [9.17, 15) is 0 Å². The zero-order valence-electron chi connectivity index (χ0n) is 16.0. The van der Waals surface area contributed by atoms with Gasteiger partial charge in [-0.25, -0.2) is 0 Å². The highest BCUT2D eigenvalue weighted by atomic mass is 32.1. The van der Waals surface area contributed by atoms with E-state index in [1.807, 2.05) is 0 Å². The normalized spacial score (nSPS) is 25.6. The second-order valence-electron chi connectivity index (χ2n) is 10.6. The lowest BCUT2D eigenvalue weighted by Crippen LogP contribution is -2.18. The Morgan fingerprint density at radius 2 is 1.22 bits per heavy atom. The molecule has 0 saturated carbocycles. The summed E-state index contributed by atoms with van der Waals surface area (Å²) in [7, 11) is 0. The van der Waals surface area contributed by atoms with E-state index in [0.29, 0.717) is 21.7 Å². The van der Waals surface area contributed by atoms with Gasteiger partial charge in [0.1, 0.15) is 0 Å². The predicted octanol–water partition coefficient (Wildman–Crippen LogP) is 6.82. The van der Waals surface area contributed by atoms with Crippen LogP contribution in [0, 0.1) is 0 Å². The summed E-state index contributed by atoms with van der Waals surface area (Å²) in [6.45, 7) is 19.4. The van der Waals surface area contributed by atoms with Gasteiger partial charge in [-0.15, -0.1) is 11.3 Å². The van der Waals surface area contributed by atoms with E-state index in [2.05, 4.69) is 78.9 Å². The van der Waals surface area contributed by atoms with E-state index >= 15 is 0 Å². The van der Waals surface area contributed by atoms with Crippen molar-refractivity contribution in [2.24, 2.45) is 0 Å². The van der Waals surface area contributed by atoms with Gasteiger partial charge in [-0.3, -0.25) is 0 Å². The molecule has 2 aliphatic rings. The zero-order valence-corrected chi connectivity index (χ0v) is 16.8. The average molecular weight is 327 g/mol. The summed E-state index contributed by atoms with van der Waals surface area (Å²) in [5.74, 6) is 0. The fraction of sp³-hybridized carbons (Fsp3) is 0.636. The van der Waals surface area contributed by atoms with Gasteiger partial charge < -0.3 is 0 Å². The van der Waals surface area contributed by atoms with E-state index in [-0.39, 0.29) is 0 Å². The second kappa shape index (κ2) is 4.04. The highest BCUT2D eigenvalue weighted by Crippen LogP contribution is 2.58. The van der Waals surface area contributed by atoms with Crippen LogP contribution in [-0.2, 0) is 21.7 Å². The Balaban J connectivity index is 2.08. The fourth-order valence-corrected chi connectivity index (χ4v) is 7.48. The summed E-state index contributed by atoms with van der Waals surface area (Å²) >= 11 is 2.06. The molecule has 0 unspecified atom stereocenters. The van der Waals surface area contributed by atoms with Crippen LogP contribution < -0.4 is 0 Å². The molecular weight excluding hydrogens is 296 g/mol. The molecule has 0 N–H and O–H groups in total. The number of rotatable bonds is 0. The number of benzene rings is 1. The largest absolute Gasteiger partial charge is 0.139 e. The molecule has 0 amide bonds. The van der Waals surface area contributed by atoms with Gasteiger partial charge in [0.2, 0.25) is 0 Å². The topological polar surface area (TPSA) is 0 Å². The molecule has 0 aliphatic heterocycles. The van der Waals surface area contributed by atoms with Crippen LogP contribution in [0.3, 0.4) is 0 Å². The monoisotopic (exact) mass is 326 g/mol. The smallest absolute Gasteiger partial charge is 0.0352 e. The average Bonchev–Trinajstić information content (AvgIpc) is 2.86. The molecule has 0 radical (unpaired) electrons. The first-order valence-electron chi connectivity index (χ1n) is 8.98. The van der Waals surface area contributed by atoms with E-state index < -0.39 is 0 Å². The van der Waals surface area contributed by atoms with Crippen molar-refractivity contribution in [3.8, 4) is 0 Å². The molecule has 1 heteroatoms. The lowest BCUT2D eigenvalue weighted by atomic mass is 9.80. The Labute approximate surface area is 145 Å². The van der Waals surface area contributed by atoms with Crippen molar-refractivity contribution in [2.75, 3.05) is 0 Å². The Kier molecular flexibility index (Phi) is 2.76. The molecule has 1 heterocycles. The molecule has 0 fully saturated rings. The molecule has 0 spiro atoms. The standard InChI is InChI=1S/C22H30S/c1-19(2)11-20(3,4)15-10-16-13(9-14(15)19)17-18(23-16)22(7,8)12-21(17,5)6/h9-10H,11-12H2,1-8H3. The van der Waals surface area contributed by atoms with Crippen molar-refractivity contribution < 1.29 is 0 Å². The zero-order chi connectivity index (χ0) is 17.0. The molecule has 1 aromatic heterocycles. The van der Waals surface area contributed by atoms with Crippen molar-refractivity contribution in [1.29, 1.82) is 0 Å². The number of fused-ring (bicyclic) bond motifs is 4. The lowest BCUT2D eigenvalue weighted by molar-refractivity contribution is 0.403. The number of thiophene rings is 1. The van der Waals surface area contributed by atoms with Crippen LogP contribution in [0.1, 0.15) is 89.8 Å². The Morgan fingerprint density at radius 1 is 0.696 bits per heavy atom. The van der Waals surface area contributed by atoms with Crippen LogP contribution in [0.25, 0.3) is 10.1 Å². The Morgan fingerprint density at radius 3 is 1.83 bits per heavy atom. The van der Waals surface area contributed by atoms with Crippen molar-refractivity contribution in [3.05, 3.63) is 33.7 Å². The minimum absolute atomic E-state index is 0.292. The maximum atomic E-state index is 2.57. The first kappa shape index (κ1) is 15.7. The van der Waals surface area contributed by atoms with Crippen LogP contribution in [0.5, 0.6) is 0 Å². The molecule has 2 aliphatic carbocycles. The maximum Gasteiger partial charge on any atom is 0.0352 e. The molecule has 4 rings (SSSR count). The first-order chi connectivity index (χ1) is 10.4. The number of hydrogen-bond donors (Lipinski definition) is 0. The van der Waals surface area contributed by atoms with Gasteiger partial charge in [0.15, 0.2) is 0 Å². The third kappa shape index (κ3) is 1.95. The van der Waals surface area contributed by atoms with Crippen molar-refractivity contribution in [2.45, 2.75) is 89.9 Å². The van der Waals surface area contributed by atoms with Gasteiger partial charge in [-0.1, -0.05) is 55.4 Å².